The third-order valence-electron chi connectivity index (χ3n) is 6.22. The third-order valence-corrected chi connectivity index (χ3v) is 8.42. The zero-order chi connectivity index (χ0) is 21.5. The van der Waals surface area contributed by atoms with Crippen LogP contribution in [-0.4, -0.2) is 39.3 Å². The maximum Gasteiger partial charge on any atom is 0.255 e. The van der Waals surface area contributed by atoms with Gasteiger partial charge in [0.2, 0.25) is 0 Å². The molecule has 5 rings (SSSR count). The second kappa shape index (κ2) is 8.98. The SMILES string of the molecule is CCS(=O)(=O)c1cc(C(=O)NC(c2ccccc2)C23CC(CN2)C3)c(OC)cc1Cl.Cl. The number of benzene rings is 2. The van der Waals surface area contributed by atoms with Crippen molar-refractivity contribution >= 4 is 39.8 Å². The molecule has 0 radical (unpaired) electrons. The third kappa shape index (κ3) is 4.29. The normalized spacial score (nSPS) is 22.7. The molecule has 1 atom stereocenters. The lowest BCUT2D eigenvalue weighted by molar-refractivity contribution is 0.0860. The number of nitrogens with one attached hydrogen (secondary N) is 2. The van der Waals surface area contributed by atoms with E-state index in [-0.39, 0.29) is 51.0 Å². The summed E-state index contributed by atoms with van der Waals surface area (Å²) < 4.78 is 30.2. The van der Waals surface area contributed by atoms with Gasteiger partial charge in [-0.25, -0.2) is 8.42 Å². The number of fused-ring (bicyclic) bond motifs is 1. The maximum atomic E-state index is 13.3. The standard InChI is InChI=1S/C22H25ClN2O4S.ClH/c1-3-30(27,28)19-9-16(18(29-2)10-17(19)23)21(26)25-20(15-7-5-4-6-8-15)22-11-14(12-22)13-24-22;/h4-10,14,20,24H,3,11-13H2,1-2H3,(H,25,26);1H. The van der Waals surface area contributed by atoms with Crippen LogP contribution in [-0.2, 0) is 9.84 Å². The van der Waals surface area contributed by atoms with Gasteiger partial charge in [0.15, 0.2) is 9.84 Å². The first-order valence-electron chi connectivity index (χ1n) is 10.0. The van der Waals surface area contributed by atoms with Crippen molar-refractivity contribution in [2.45, 2.75) is 36.2 Å². The molecule has 2 heterocycles. The van der Waals surface area contributed by atoms with Crippen molar-refractivity contribution in [1.82, 2.24) is 10.6 Å². The summed E-state index contributed by atoms with van der Waals surface area (Å²) in [6.07, 6.45) is 2.00. The van der Waals surface area contributed by atoms with Crippen molar-refractivity contribution < 1.29 is 17.9 Å². The van der Waals surface area contributed by atoms with E-state index in [0.29, 0.717) is 5.92 Å². The Labute approximate surface area is 194 Å². The average Bonchev–Trinajstić information content (AvgIpc) is 3.34. The minimum atomic E-state index is -3.59. The van der Waals surface area contributed by atoms with E-state index < -0.39 is 15.7 Å². The highest BCUT2D eigenvalue weighted by Gasteiger charge is 2.55. The van der Waals surface area contributed by atoms with Gasteiger partial charge in [0.1, 0.15) is 5.75 Å². The molecule has 3 aliphatic rings. The fourth-order valence-corrected chi connectivity index (χ4v) is 6.09. The highest BCUT2D eigenvalue weighted by molar-refractivity contribution is 7.91. The van der Waals surface area contributed by atoms with Crippen LogP contribution in [0, 0.1) is 5.92 Å². The van der Waals surface area contributed by atoms with E-state index in [4.69, 9.17) is 16.3 Å². The van der Waals surface area contributed by atoms with Crippen molar-refractivity contribution in [1.29, 1.82) is 0 Å². The number of hydrogen-bond acceptors (Lipinski definition) is 5. The van der Waals surface area contributed by atoms with Gasteiger partial charge in [0.05, 0.1) is 34.4 Å². The summed E-state index contributed by atoms with van der Waals surface area (Å²) in [4.78, 5) is 13.3. The molecule has 9 heteroatoms. The summed E-state index contributed by atoms with van der Waals surface area (Å²) in [5.74, 6) is 0.375. The summed E-state index contributed by atoms with van der Waals surface area (Å²) in [7, 11) is -2.16. The molecule has 1 amide bonds. The van der Waals surface area contributed by atoms with Gasteiger partial charge in [0, 0.05) is 11.6 Å². The Morgan fingerprint density at radius 1 is 1.29 bits per heavy atom. The minimum Gasteiger partial charge on any atom is -0.496 e. The van der Waals surface area contributed by atoms with Crippen molar-refractivity contribution in [3.8, 4) is 5.75 Å². The average molecular weight is 485 g/mol. The first-order valence-corrected chi connectivity index (χ1v) is 12.0. The molecular formula is C22H26Cl2N2O4S. The first kappa shape index (κ1) is 23.9. The lowest BCUT2D eigenvalue weighted by Gasteiger charge is -2.44. The molecule has 0 aromatic heterocycles. The molecule has 31 heavy (non-hydrogen) atoms. The molecule has 2 aromatic rings. The Bertz CT molecular complexity index is 1060. The fourth-order valence-electron chi connectivity index (χ4n) is 4.61. The monoisotopic (exact) mass is 484 g/mol. The van der Waals surface area contributed by atoms with E-state index >= 15 is 0 Å². The molecule has 2 bridgehead atoms. The molecule has 1 unspecified atom stereocenters. The van der Waals surface area contributed by atoms with E-state index in [1.54, 1.807) is 6.92 Å². The molecule has 168 valence electrons. The van der Waals surface area contributed by atoms with E-state index in [2.05, 4.69) is 10.6 Å². The molecule has 6 nitrogen and oxygen atoms in total. The quantitative estimate of drug-likeness (QED) is 0.624. The van der Waals surface area contributed by atoms with E-state index in [1.165, 1.54) is 19.2 Å². The number of carbonyl (C=O) groups is 1. The smallest absolute Gasteiger partial charge is 0.255 e. The van der Waals surface area contributed by atoms with Crippen LogP contribution in [0.5, 0.6) is 5.75 Å². The zero-order valence-electron chi connectivity index (χ0n) is 17.4. The molecular weight excluding hydrogens is 459 g/mol. The van der Waals surface area contributed by atoms with E-state index in [9.17, 15) is 13.2 Å². The maximum absolute atomic E-state index is 13.3. The lowest BCUT2D eigenvalue weighted by Crippen LogP contribution is -2.54. The van der Waals surface area contributed by atoms with Gasteiger partial charge >= 0.3 is 0 Å². The number of rotatable bonds is 7. The summed E-state index contributed by atoms with van der Waals surface area (Å²) in [6, 6.07) is 12.3. The molecule has 3 fully saturated rings. The van der Waals surface area contributed by atoms with E-state index in [1.807, 2.05) is 30.3 Å². The van der Waals surface area contributed by atoms with Gasteiger partial charge in [0.25, 0.3) is 5.91 Å². The highest BCUT2D eigenvalue weighted by atomic mass is 35.5. The summed E-state index contributed by atoms with van der Waals surface area (Å²) in [5.41, 5.74) is 0.979. The van der Waals surface area contributed by atoms with Crippen LogP contribution in [0.4, 0.5) is 0 Å². The number of ether oxygens (including phenoxy) is 1. The van der Waals surface area contributed by atoms with Gasteiger partial charge in [-0.05, 0) is 36.9 Å². The molecule has 2 aliphatic heterocycles. The lowest BCUT2D eigenvalue weighted by atomic mass is 9.67. The number of carbonyl (C=O) groups excluding carboxylic acids is 1. The molecule has 1 aliphatic carbocycles. The summed E-state index contributed by atoms with van der Waals surface area (Å²) >= 11 is 6.18. The van der Waals surface area contributed by atoms with Crippen LogP contribution < -0.4 is 15.4 Å². The van der Waals surface area contributed by atoms with Gasteiger partial charge in [-0.2, -0.15) is 0 Å². The molecule has 2 N–H and O–H groups in total. The highest BCUT2D eigenvalue weighted by Crippen LogP contribution is 2.50. The Kier molecular flexibility index (Phi) is 6.91. The number of methoxy groups -OCH3 is 1. The van der Waals surface area contributed by atoms with Crippen LogP contribution in [0.25, 0.3) is 0 Å². The van der Waals surface area contributed by atoms with Crippen LogP contribution in [0.1, 0.15) is 41.7 Å². The predicted molar refractivity (Wildman–Crippen MR) is 123 cm³/mol. The Morgan fingerprint density at radius 3 is 2.52 bits per heavy atom. The number of hydrogen-bond donors (Lipinski definition) is 2. The van der Waals surface area contributed by atoms with E-state index in [0.717, 1.165) is 24.9 Å². The topological polar surface area (TPSA) is 84.5 Å². The van der Waals surface area contributed by atoms with Gasteiger partial charge in [-0.3, -0.25) is 4.79 Å². The Morgan fingerprint density at radius 2 is 1.97 bits per heavy atom. The Balaban J connectivity index is 0.00000272. The van der Waals surface area contributed by atoms with Crippen molar-refractivity contribution in [2.24, 2.45) is 5.92 Å². The van der Waals surface area contributed by atoms with Gasteiger partial charge in [-0.15, -0.1) is 12.4 Å². The van der Waals surface area contributed by atoms with Gasteiger partial charge < -0.3 is 15.4 Å². The van der Waals surface area contributed by atoms with Crippen molar-refractivity contribution in [2.75, 3.05) is 19.4 Å². The van der Waals surface area contributed by atoms with Crippen LogP contribution >= 0.6 is 24.0 Å². The second-order valence-corrected chi connectivity index (χ2v) is 10.7. The van der Waals surface area contributed by atoms with Crippen molar-refractivity contribution in [3.05, 3.63) is 58.6 Å². The van der Waals surface area contributed by atoms with Gasteiger partial charge in [-0.1, -0.05) is 48.9 Å². The zero-order valence-corrected chi connectivity index (χ0v) is 19.7. The molecule has 2 aromatic carbocycles. The number of sulfone groups is 1. The first-order chi connectivity index (χ1) is 14.3. The fraction of sp³-hybridized carbons (Fsp3) is 0.409. The summed E-state index contributed by atoms with van der Waals surface area (Å²) in [5, 5.41) is 6.77. The van der Waals surface area contributed by atoms with Crippen molar-refractivity contribution in [3.63, 3.8) is 0 Å². The minimum absolute atomic E-state index is 0. The van der Waals surface area contributed by atoms with Crippen LogP contribution in [0.2, 0.25) is 5.02 Å². The van der Waals surface area contributed by atoms with Crippen LogP contribution in [0.3, 0.4) is 0 Å². The Hall–Kier alpha value is -1.80. The van der Waals surface area contributed by atoms with Crippen LogP contribution in [0.15, 0.2) is 47.4 Å². The number of amides is 1. The largest absolute Gasteiger partial charge is 0.496 e. The molecule has 2 saturated heterocycles. The predicted octanol–water partition coefficient (Wildman–Crippen LogP) is 3.79. The number of halogens is 2. The molecule has 0 spiro atoms. The molecule has 1 saturated carbocycles. The second-order valence-electron chi connectivity index (χ2n) is 8.01. The summed E-state index contributed by atoms with van der Waals surface area (Å²) in [6.45, 7) is 2.49.